The molecular formula is C10H12N4. The average molecular weight is 188 g/mol. The first-order valence-corrected chi connectivity index (χ1v) is 4.90. The van der Waals surface area contributed by atoms with Crippen LogP contribution in [0.4, 0.5) is 0 Å². The van der Waals surface area contributed by atoms with E-state index in [4.69, 9.17) is 5.73 Å². The monoisotopic (exact) mass is 188 g/mol. The zero-order chi connectivity index (χ0) is 9.54. The molecule has 72 valence electrons. The van der Waals surface area contributed by atoms with Crippen LogP contribution in [0.1, 0.15) is 24.7 Å². The van der Waals surface area contributed by atoms with Crippen molar-refractivity contribution in [2.75, 3.05) is 0 Å². The molecule has 1 atom stereocenters. The van der Waals surface area contributed by atoms with Gasteiger partial charge in [-0.1, -0.05) is 0 Å². The van der Waals surface area contributed by atoms with Gasteiger partial charge in [-0.25, -0.2) is 4.98 Å². The average Bonchev–Trinajstić information content (AvgIpc) is 2.95. The first kappa shape index (κ1) is 7.94. The number of hydrogen-bond acceptors (Lipinski definition) is 3. The van der Waals surface area contributed by atoms with Gasteiger partial charge in [-0.3, -0.25) is 4.98 Å². The first-order chi connectivity index (χ1) is 6.84. The van der Waals surface area contributed by atoms with Crippen LogP contribution in [0, 0.1) is 5.92 Å². The van der Waals surface area contributed by atoms with Crippen LogP contribution in [0.15, 0.2) is 18.5 Å². The van der Waals surface area contributed by atoms with Gasteiger partial charge in [0, 0.05) is 6.20 Å². The molecule has 4 nitrogen and oxygen atoms in total. The van der Waals surface area contributed by atoms with Crippen molar-refractivity contribution in [3.05, 3.63) is 24.3 Å². The predicted molar refractivity (Wildman–Crippen MR) is 53.5 cm³/mol. The van der Waals surface area contributed by atoms with Gasteiger partial charge in [-0.2, -0.15) is 0 Å². The largest absolute Gasteiger partial charge is 0.339 e. The van der Waals surface area contributed by atoms with E-state index >= 15 is 0 Å². The fourth-order valence-electron chi connectivity index (χ4n) is 1.71. The van der Waals surface area contributed by atoms with Crippen molar-refractivity contribution in [2.45, 2.75) is 18.9 Å². The van der Waals surface area contributed by atoms with E-state index in [1.165, 1.54) is 12.8 Å². The number of imidazole rings is 1. The van der Waals surface area contributed by atoms with Crippen molar-refractivity contribution in [3.63, 3.8) is 0 Å². The molecule has 0 aliphatic heterocycles. The van der Waals surface area contributed by atoms with E-state index in [0.29, 0.717) is 5.92 Å². The van der Waals surface area contributed by atoms with Crippen LogP contribution in [-0.2, 0) is 0 Å². The molecule has 1 aliphatic carbocycles. The van der Waals surface area contributed by atoms with Gasteiger partial charge in [0.1, 0.15) is 5.82 Å². The van der Waals surface area contributed by atoms with Crippen LogP contribution in [-0.4, -0.2) is 15.0 Å². The van der Waals surface area contributed by atoms with Crippen molar-refractivity contribution >= 4 is 11.0 Å². The summed E-state index contributed by atoms with van der Waals surface area (Å²) in [7, 11) is 0. The molecule has 0 amide bonds. The maximum absolute atomic E-state index is 6.05. The minimum Gasteiger partial charge on any atom is -0.339 e. The molecule has 3 rings (SSSR count). The highest BCUT2D eigenvalue weighted by Gasteiger charge is 2.31. The molecule has 14 heavy (non-hydrogen) atoms. The van der Waals surface area contributed by atoms with Gasteiger partial charge < -0.3 is 10.7 Å². The summed E-state index contributed by atoms with van der Waals surface area (Å²) in [6.45, 7) is 0. The Morgan fingerprint density at radius 2 is 2.36 bits per heavy atom. The Morgan fingerprint density at radius 3 is 3.07 bits per heavy atom. The predicted octanol–water partition coefficient (Wildman–Crippen LogP) is 1.37. The number of nitrogens with one attached hydrogen (secondary N) is 1. The van der Waals surface area contributed by atoms with Gasteiger partial charge in [0.25, 0.3) is 0 Å². The summed E-state index contributed by atoms with van der Waals surface area (Å²) in [5.74, 6) is 1.53. The van der Waals surface area contributed by atoms with E-state index in [-0.39, 0.29) is 6.04 Å². The summed E-state index contributed by atoms with van der Waals surface area (Å²) < 4.78 is 0. The molecular weight excluding hydrogens is 176 g/mol. The summed E-state index contributed by atoms with van der Waals surface area (Å²) in [6, 6.07) is 1.97. The van der Waals surface area contributed by atoms with Crippen LogP contribution < -0.4 is 5.73 Å². The number of nitrogens with zero attached hydrogens (tertiary/aromatic N) is 2. The Kier molecular flexibility index (Phi) is 1.58. The first-order valence-electron chi connectivity index (χ1n) is 4.90. The Balaban J connectivity index is 2.04. The van der Waals surface area contributed by atoms with E-state index < -0.39 is 0 Å². The Hall–Kier alpha value is -1.42. The molecule has 2 aromatic heterocycles. The second-order valence-corrected chi connectivity index (χ2v) is 3.88. The molecule has 0 aromatic carbocycles. The summed E-state index contributed by atoms with van der Waals surface area (Å²) >= 11 is 0. The minimum absolute atomic E-state index is 0.0717. The van der Waals surface area contributed by atoms with E-state index in [0.717, 1.165) is 16.9 Å². The number of hydrogen-bond donors (Lipinski definition) is 2. The van der Waals surface area contributed by atoms with Crippen LogP contribution in [0.3, 0.4) is 0 Å². The highest BCUT2D eigenvalue weighted by Crippen LogP contribution is 2.38. The molecule has 1 fully saturated rings. The second-order valence-electron chi connectivity index (χ2n) is 3.88. The second kappa shape index (κ2) is 2.78. The number of nitrogens with two attached hydrogens (primary N) is 1. The summed E-state index contributed by atoms with van der Waals surface area (Å²) in [4.78, 5) is 11.7. The quantitative estimate of drug-likeness (QED) is 0.747. The molecule has 0 saturated heterocycles. The Bertz CT molecular complexity index is 425. The fourth-order valence-corrected chi connectivity index (χ4v) is 1.71. The van der Waals surface area contributed by atoms with Crippen LogP contribution in [0.2, 0.25) is 0 Å². The molecule has 0 spiro atoms. The third-order valence-corrected chi connectivity index (χ3v) is 2.75. The number of aromatic nitrogens is 3. The van der Waals surface area contributed by atoms with E-state index in [9.17, 15) is 0 Å². The van der Waals surface area contributed by atoms with E-state index in [1.54, 1.807) is 12.4 Å². The molecule has 1 aliphatic rings. The number of pyridine rings is 1. The van der Waals surface area contributed by atoms with Gasteiger partial charge in [-0.05, 0) is 24.8 Å². The molecule has 4 heteroatoms. The van der Waals surface area contributed by atoms with Crippen LogP contribution >= 0.6 is 0 Å². The van der Waals surface area contributed by atoms with Crippen molar-refractivity contribution in [1.82, 2.24) is 15.0 Å². The lowest BCUT2D eigenvalue weighted by atomic mass is 10.2. The van der Waals surface area contributed by atoms with Gasteiger partial charge in [-0.15, -0.1) is 0 Å². The molecule has 2 aromatic rings. The van der Waals surface area contributed by atoms with E-state index in [1.807, 2.05) is 6.07 Å². The van der Waals surface area contributed by atoms with E-state index in [2.05, 4.69) is 15.0 Å². The topological polar surface area (TPSA) is 67.6 Å². The lowest BCUT2D eigenvalue weighted by molar-refractivity contribution is 0.602. The lowest BCUT2D eigenvalue weighted by Crippen LogP contribution is -2.13. The normalized spacial score (nSPS) is 18.6. The summed E-state index contributed by atoms with van der Waals surface area (Å²) in [5, 5.41) is 0. The van der Waals surface area contributed by atoms with Crippen molar-refractivity contribution in [2.24, 2.45) is 11.7 Å². The van der Waals surface area contributed by atoms with Gasteiger partial charge in [0.15, 0.2) is 0 Å². The Morgan fingerprint density at radius 1 is 1.50 bits per heavy atom. The molecule has 2 heterocycles. The number of aromatic amines is 1. The maximum Gasteiger partial charge on any atom is 0.124 e. The summed E-state index contributed by atoms with van der Waals surface area (Å²) in [6.07, 6.45) is 5.99. The fraction of sp³-hybridized carbons (Fsp3) is 0.400. The molecule has 0 bridgehead atoms. The van der Waals surface area contributed by atoms with Crippen LogP contribution in [0.25, 0.3) is 11.0 Å². The molecule has 0 radical (unpaired) electrons. The van der Waals surface area contributed by atoms with Crippen molar-refractivity contribution in [1.29, 1.82) is 0 Å². The maximum atomic E-state index is 6.05. The van der Waals surface area contributed by atoms with Gasteiger partial charge >= 0.3 is 0 Å². The Labute approximate surface area is 81.6 Å². The smallest absolute Gasteiger partial charge is 0.124 e. The van der Waals surface area contributed by atoms with Gasteiger partial charge in [0.2, 0.25) is 0 Å². The van der Waals surface area contributed by atoms with Crippen molar-refractivity contribution < 1.29 is 0 Å². The zero-order valence-corrected chi connectivity index (χ0v) is 7.77. The molecule has 3 N–H and O–H groups in total. The summed E-state index contributed by atoms with van der Waals surface area (Å²) in [5.41, 5.74) is 7.97. The lowest BCUT2D eigenvalue weighted by Gasteiger charge is -2.04. The highest BCUT2D eigenvalue weighted by molar-refractivity contribution is 5.73. The highest BCUT2D eigenvalue weighted by atomic mass is 15.0. The van der Waals surface area contributed by atoms with Crippen LogP contribution in [0.5, 0.6) is 0 Å². The third kappa shape index (κ3) is 1.19. The SMILES string of the molecule is NC(c1nc2ccncc2[nH]1)C1CC1. The minimum atomic E-state index is 0.0717. The third-order valence-electron chi connectivity index (χ3n) is 2.75. The van der Waals surface area contributed by atoms with Gasteiger partial charge in [0.05, 0.1) is 23.3 Å². The number of H-pyrrole nitrogens is 1. The molecule has 1 saturated carbocycles. The standard InChI is InChI=1S/C10H12N4/c11-9(6-1-2-6)10-13-7-3-4-12-5-8(7)14-10/h3-6,9H,1-2,11H2,(H,13,14). The number of rotatable bonds is 2. The zero-order valence-electron chi connectivity index (χ0n) is 7.77. The molecule has 1 unspecified atom stereocenters. The number of fused-ring (bicyclic) bond motifs is 1. The van der Waals surface area contributed by atoms with Crippen molar-refractivity contribution in [3.8, 4) is 0 Å².